The first-order chi connectivity index (χ1) is 10.7. The van der Waals surface area contributed by atoms with Crippen LogP contribution in [0.15, 0.2) is 0 Å². The summed E-state index contributed by atoms with van der Waals surface area (Å²) < 4.78 is 0. The Kier molecular flexibility index (Phi) is 5.16. The molecule has 1 aliphatic heterocycles. The van der Waals surface area contributed by atoms with Gasteiger partial charge in [0.15, 0.2) is 0 Å². The van der Waals surface area contributed by atoms with Gasteiger partial charge >= 0.3 is 12.0 Å². The summed E-state index contributed by atoms with van der Waals surface area (Å²) in [7, 11) is 3.50. The molecule has 2 fully saturated rings. The number of aliphatic carboxylic acids is 1. The molecule has 2 N–H and O–H groups in total. The van der Waals surface area contributed by atoms with Gasteiger partial charge in [-0.05, 0) is 32.6 Å². The Hall–Kier alpha value is -1.79. The highest BCUT2D eigenvalue weighted by molar-refractivity contribution is 5.80. The Bertz CT molecular complexity index is 494. The van der Waals surface area contributed by atoms with Crippen molar-refractivity contribution in [1.82, 2.24) is 15.1 Å². The molecule has 3 amide bonds. The summed E-state index contributed by atoms with van der Waals surface area (Å²) >= 11 is 0. The van der Waals surface area contributed by atoms with E-state index in [-0.39, 0.29) is 30.4 Å². The van der Waals surface area contributed by atoms with Gasteiger partial charge < -0.3 is 20.2 Å². The third kappa shape index (κ3) is 3.95. The fourth-order valence-corrected chi connectivity index (χ4v) is 3.49. The fraction of sp³-hybridized carbons (Fsp3) is 0.812. The zero-order valence-electron chi connectivity index (χ0n) is 14.2. The van der Waals surface area contributed by atoms with Crippen LogP contribution >= 0.6 is 0 Å². The summed E-state index contributed by atoms with van der Waals surface area (Å²) in [4.78, 5) is 38.9. The molecular formula is C16H27N3O4. The number of carbonyl (C=O) groups excluding carboxylic acids is 2. The number of amides is 3. The van der Waals surface area contributed by atoms with Gasteiger partial charge in [-0.25, -0.2) is 4.79 Å². The van der Waals surface area contributed by atoms with Crippen molar-refractivity contribution in [2.24, 2.45) is 11.3 Å². The summed E-state index contributed by atoms with van der Waals surface area (Å²) in [5, 5.41) is 12.2. The Morgan fingerprint density at radius 2 is 1.96 bits per heavy atom. The number of likely N-dealkylation sites (tertiary alicyclic amines) is 1. The van der Waals surface area contributed by atoms with Gasteiger partial charge in [0.05, 0.1) is 5.41 Å². The van der Waals surface area contributed by atoms with E-state index in [4.69, 9.17) is 0 Å². The van der Waals surface area contributed by atoms with E-state index in [1.807, 2.05) is 0 Å². The van der Waals surface area contributed by atoms with Crippen molar-refractivity contribution in [3.63, 3.8) is 0 Å². The summed E-state index contributed by atoms with van der Waals surface area (Å²) in [6.07, 6.45) is 3.79. The molecule has 2 rings (SSSR count). The lowest BCUT2D eigenvalue weighted by molar-refractivity contribution is -0.147. The molecule has 0 spiro atoms. The first kappa shape index (κ1) is 17.6. The predicted molar refractivity (Wildman–Crippen MR) is 84.9 cm³/mol. The molecule has 2 aliphatic rings. The number of rotatable bonds is 3. The van der Waals surface area contributed by atoms with Crippen molar-refractivity contribution < 1.29 is 19.5 Å². The van der Waals surface area contributed by atoms with Gasteiger partial charge in [-0.3, -0.25) is 9.59 Å². The first-order valence-corrected chi connectivity index (χ1v) is 8.23. The minimum atomic E-state index is -0.859. The van der Waals surface area contributed by atoms with Crippen molar-refractivity contribution in [3.8, 4) is 0 Å². The molecule has 0 aromatic heterocycles. The SMILES string of the molecule is CN(C)C(=O)C1CCCC(NC(=O)N2CCC(C)(C(=O)O)C2)C1. The molecular weight excluding hydrogens is 298 g/mol. The van der Waals surface area contributed by atoms with Gasteiger partial charge in [-0.15, -0.1) is 0 Å². The van der Waals surface area contributed by atoms with Crippen molar-refractivity contribution in [2.75, 3.05) is 27.2 Å². The second kappa shape index (κ2) is 6.76. The number of nitrogens with one attached hydrogen (secondary N) is 1. The Labute approximate surface area is 137 Å². The molecule has 1 saturated heterocycles. The quantitative estimate of drug-likeness (QED) is 0.814. The minimum Gasteiger partial charge on any atom is -0.481 e. The highest BCUT2D eigenvalue weighted by Crippen LogP contribution is 2.31. The number of carboxylic acid groups (broad SMARTS) is 1. The fourth-order valence-electron chi connectivity index (χ4n) is 3.49. The first-order valence-electron chi connectivity index (χ1n) is 8.23. The number of urea groups is 1. The highest BCUT2D eigenvalue weighted by atomic mass is 16.4. The maximum Gasteiger partial charge on any atom is 0.317 e. The van der Waals surface area contributed by atoms with Crippen LogP contribution < -0.4 is 5.32 Å². The molecule has 3 atom stereocenters. The lowest BCUT2D eigenvalue weighted by Crippen LogP contribution is -2.47. The van der Waals surface area contributed by atoms with Crippen LogP contribution in [-0.4, -0.2) is 66.0 Å². The van der Waals surface area contributed by atoms with Gasteiger partial charge in [0, 0.05) is 39.1 Å². The number of carboxylic acids is 1. The summed E-state index contributed by atoms with van der Waals surface area (Å²) in [5.41, 5.74) is -0.854. The van der Waals surface area contributed by atoms with Gasteiger partial charge in [0.25, 0.3) is 0 Å². The number of hydrogen-bond acceptors (Lipinski definition) is 3. The number of carbonyl (C=O) groups is 3. The standard InChI is InChI=1S/C16H27N3O4/c1-16(14(21)22)7-8-19(10-16)15(23)17-12-6-4-5-11(9-12)13(20)18(2)3/h11-12H,4-10H2,1-3H3,(H,17,23)(H,21,22). The van der Waals surface area contributed by atoms with Crippen molar-refractivity contribution in [3.05, 3.63) is 0 Å². The largest absolute Gasteiger partial charge is 0.481 e. The lowest BCUT2D eigenvalue weighted by Gasteiger charge is -2.31. The van der Waals surface area contributed by atoms with Gasteiger partial charge in [0.1, 0.15) is 0 Å². The molecule has 23 heavy (non-hydrogen) atoms. The van der Waals surface area contributed by atoms with Crippen molar-refractivity contribution in [1.29, 1.82) is 0 Å². The molecule has 0 bridgehead atoms. The van der Waals surface area contributed by atoms with Crippen LogP contribution in [0.1, 0.15) is 39.0 Å². The highest BCUT2D eigenvalue weighted by Gasteiger charge is 2.42. The van der Waals surface area contributed by atoms with Gasteiger partial charge in [0.2, 0.25) is 5.91 Å². The average Bonchev–Trinajstić information content (AvgIpc) is 2.91. The van der Waals surface area contributed by atoms with E-state index in [1.165, 1.54) is 0 Å². The Morgan fingerprint density at radius 1 is 1.26 bits per heavy atom. The van der Waals surface area contributed by atoms with Crippen LogP contribution in [0.5, 0.6) is 0 Å². The van der Waals surface area contributed by atoms with Crippen molar-refractivity contribution in [2.45, 2.75) is 45.1 Å². The van der Waals surface area contributed by atoms with E-state index in [1.54, 1.807) is 30.8 Å². The van der Waals surface area contributed by atoms with Crippen LogP contribution in [0, 0.1) is 11.3 Å². The average molecular weight is 325 g/mol. The van der Waals surface area contributed by atoms with E-state index in [0.717, 1.165) is 19.3 Å². The van der Waals surface area contributed by atoms with E-state index in [0.29, 0.717) is 19.4 Å². The predicted octanol–water partition coefficient (Wildman–Crippen LogP) is 1.14. The molecule has 0 radical (unpaired) electrons. The molecule has 3 unspecified atom stereocenters. The molecule has 0 aromatic carbocycles. The minimum absolute atomic E-state index is 0.0122. The van der Waals surface area contributed by atoms with E-state index in [2.05, 4.69) is 5.32 Å². The molecule has 130 valence electrons. The lowest BCUT2D eigenvalue weighted by atomic mass is 9.85. The zero-order valence-corrected chi connectivity index (χ0v) is 14.2. The molecule has 1 heterocycles. The van der Waals surface area contributed by atoms with Crippen LogP contribution in [-0.2, 0) is 9.59 Å². The molecule has 7 heteroatoms. The number of nitrogens with zero attached hydrogens (tertiary/aromatic N) is 2. The maximum atomic E-state index is 12.4. The van der Waals surface area contributed by atoms with Crippen LogP contribution in [0.2, 0.25) is 0 Å². The summed E-state index contributed by atoms with van der Waals surface area (Å²) in [5.74, 6) is -0.780. The van der Waals surface area contributed by atoms with Crippen LogP contribution in [0.4, 0.5) is 4.79 Å². The second-order valence-corrected chi connectivity index (χ2v) is 7.28. The third-order valence-electron chi connectivity index (χ3n) is 5.07. The number of hydrogen-bond donors (Lipinski definition) is 2. The normalized spacial score (nSPS) is 30.8. The Balaban J connectivity index is 1.88. The monoisotopic (exact) mass is 325 g/mol. The summed E-state index contributed by atoms with van der Waals surface area (Å²) in [6.45, 7) is 2.37. The summed E-state index contributed by atoms with van der Waals surface area (Å²) in [6, 6.07) is -0.222. The molecule has 7 nitrogen and oxygen atoms in total. The van der Waals surface area contributed by atoms with Crippen LogP contribution in [0.25, 0.3) is 0 Å². The van der Waals surface area contributed by atoms with Crippen LogP contribution in [0.3, 0.4) is 0 Å². The Morgan fingerprint density at radius 3 is 2.52 bits per heavy atom. The smallest absolute Gasteiger partial charge is 0.317 e. The van der Waals surface area contributed by atoms with E-state index >= 15 is 0 Å². The van der Waals surface area contributed by atoms with E-state index < -0.39 is 11.4 Å². The van der Waals surface area contributed by atoms with Gasteiger partial charge in [-0.1, -0.05) is 6.42 Å². The molecule has 1 aliphatic carbocycles. The second-order valence-electron chi connectivity index (χ2n) is 7.28. The molecule has 0 aromatic rings. The third-order valence-corrected chi connectivity index (χ3v) is 5.07. The topological polar surface area (TPSA) is 90.0 Å². The van der Waals surface area contributed by atoms with Gasteiger partial charge in [-0.2, -0.15) is 0 Å². The molecule has 1 saturated carbocycles. The zero-order chi connectivity index (χ0) is 17.2. The van der Waals surface area contributed by atoms with Crippen molar-refractivity contribution >= 4 is 17.9 Å². The van der Waals surface area contributed by atoms with E-state index in [9.17, 15) is 19.5 Å². The maximum absolute atomic E-state index is 12.4.